The van der Waals surface area contributed by atoms with Crippen LogP contribution in [-0.2, 0) is 14.9 Å². The van der Waals surface area contributed by atoms with Crippen molar-refractivity contribution in [2.75, 3.05) is 50.7 Å². The molecule has 1 aliphatic rings. The van der Waals surface area contributed by atoms with Gasteiger partial charge in [0.15, 0.2) is 0 Å². The summed E-state index contributed by atoms with van der Waals surface area (Å²) in [6.45, 7) is 3.74. The average molecular weight is 357 g/mol. The van der Waals surface area contributed by atoms with E-state index in [-0.39, 0.29) is 5.91 Å². The van der Waals surface area contributed by atoms with Crippen LogP contribution in [0.3, 0.4) is 0 Å². The Kier molecular flexibility index (Phi) is 6.76. The maximum atomic E-state index is 11.0. The van der Waals surface area contributed by atoms with Gasteiger partial charge in [0, 0.05) is 37.5 Å². The fourth-order valence-corrected chi connectivity index (χ4v) is 2.57. The SMILES string of the molecule is CC(=O)Nc1ccc(N2CCC([N+](C)(C)C)C2)cc1.CS(=O)(=O)[O-]. The van der Waals surface area contributed by atoms with Gasteiger partial charge in [-0.1, -0.05) is 0 Å². The first kappa shape index (κ1) is 20.4. The molecule has 1 amide bonds. The first-order valence-electron chi connectivity index (χ1n) is 7.71. The van der Waals surface area contributed by atoms with E-state index in [4.69, 9.17) is 13.0 Å². The van der Waals surface area contributed by atoms with Crippen LogP contribution in [-0.4, -0.2) is 69.9 Å². The van der Waals surface area contributed by atoms with Crippen molar-refractivity contribution in [1.82, 2.24) is 0 Å². The molecule has 1 atom stereocenters. The van der Waals surface area contributed by atoms with E-state index in [0.29, 0.717) is 12.3 Å². The molecule has 1 aliphatic heterocycles. The minimum atomic E-state index is -3.92. The van der Waals surface area contributed by atoms with Crippen LogP contribution >= 0.6 is 0 Å². The lowest BCUT2D eigenvalue weighted by Crippen LogP contribution is -2.46. The minimum absolute atomic E-state index is 0.0287. The molecule has 2 rings (SSSR count). The van der Waals surface area contributed by atoms with Gasteiger partial charge < -0.3 is 19.3 Å². The number of carbonyl (C=O) groups excluding carboxylic acids is 1. The Morgan fingerprint density at radius 1 is 1.25 bits per heavy atom. The molecule has 1 fully saturated rings. The minimum Gasteiger partial charge on any atom is -0.748 e. The number of nitrogens with zero attached hydrogens (tertiary/aromatic N) is 2. The Hall–Kier alpha value is -1.64. The lowest BCUT2D eigenvalue weighted by Gasteiger charge is -2.31. The van der Waals surface area contributed by atoms with Crippen molar-refractivity contribution in [1.29, 1.82) is 0 Å². The fraction of sp³-hybridized carbons (Fsp3) is 0.562. The summed E-state index contributed by atoms with van der Waals surface area (Å²) in [5.74, 6) is -0.0287. The van der Waals surface area contributed by atoms with Crippen molar-refractivity contribution < 1.29 is 22.2 Å². The quantitative estimate of drug-likeness (QED) is 0.646. The Morgan fingerprint density at radius 3 is 2.12 bits per heavy atom. The summed E-state index contributed by atoms with van der Waals surface area (Å²) in [6.07, 6.45) is 1.84. The van der Waals surface area contributed by atoms with E-state index in [0.717, 1.165) is 23.3 Å². The largest absolute Gasteiger partial charge is 0.748 e. The van der Waals surface area contributed by atoms with Crippen LogP contribution in [0.15, 0.2) is 24.3 Å². The Morgan fingerprint density at radius 2 is 1.75 bits per heavy atom. The molecule has 8 heteroatoms. The number of amides is 1. The van der Waals surface area contributed by atoms with Crippen LogP contribution in [0.4, 0.5) is 11.4 Å². The second-order valence-corrected chi connectivity index (χ2v) is 8.35. The molecule has 0 bridgehead atoms. The number of anilines is 2. The molecule has 24 heavy (non-hydrogen) atoms. The molecule has 0 radical (unpaired) electrons. The van der Waals surface area contributed by atoms with E-state index < -0.39 is 10.1 Å². The van der Waals surface area contributed by atoms with E-state index in [1.165, 1.54) is 19.0 Å². The number of likely N-dealkylation sites (N-methyl/N-ethyl adjacent to an activating group) is 1. The predicted molar refractivity (Wildman–Crippen MR) is 95.0 cm³/mol. The Bertz CT molecular complexity index is 643. The first-order valence-corrected chi connectivity index (χ1v) is 9.52. The molecule has 1 heterocycles. The molecule has 0 spiro atoms. The number of rotatable bonds is 3. The highest BCUT2D eigenvalue weighted by Crippen LogP contribution is 2.25. The smallest absolute Gasteiger partial charge is 0.221 e. The standard InChI is InChI=1S/C15H23N3O.CH4O3S/c1-12(19)16-13-5-7-14(8-6-13)17-10-9-15(11-17)18(2,3)4;1-5(2,3)4/h5-8,15H,9-11H2,1-4H3;1H3,(H,2,3,4). The van der Waals surface area contributed by atoms with Gasteiger partial charge >= 0.3 is 0 Å². The number of hydrogen-bond acceptors (Lipinski definition) is 5. The second-order valence-electron chi connectivity index (χ2n) is 6.94. The third kappa shape index (κ3) is 7.76. The zero-order chi connectivity index (χ0) is 18.5. The fourth-order valence-electron chi connectivity index (χ4n) is 2.57. The normalized spacial score (nSPS) is 17.9. The Labute approximate surface area is 144 Å². The molecule has 7 nitrogen and oxygen atoms in total. The van der Waals surface area contributed by atoms with Gasteiger partial charge in [0.1, 0.15) is 6.04 Å². The zero-order valence-electron chi connectivity index (χ0n) is 14.9. The van der Waals surface area contributed by atoms with Gasteiger partial charge in [0.25, 0.3) is 0 Å². The lowest BCUT2D eigenvalue weighted by molar-refractivity contribution is -0.893. The second kappa shape index (κ2) is 7.96. The summed E-state index contributed by atoms with van der Waals surface area (Å²) in [7, 11) is 2.86. The van der Waals surface area contributed by atoms with Crippen molar-refractivity contribution in [2.24, 2.45) is 0 Å². The third-order valence-corrected chi connectivity index (χ3v) is 3.81. The predicted octanol–water partition coefficient (Wildman–Crippen LogP) is 1.09. The molecule has 1 N–H and O–H groups in total. The van der Waals surface area contributed by atoms with Gasteiger partial charge in [-0.2, -0.15) is 0 Å². The maximum absolute atomic E-state index is 11.0. The van der Waals surface area contributed by atoms with Crippen LogP contribution in [0.5, 0.6) is 0 Å². The summed E-state index contributed by atoms with van der Waals surface area (Å²) in [5.41, 5.74) is 2.10. The molecule has 1 saturated heterocycles. The van der Waals surface area contributed by atoms with Gasteiger partial charge in [-0.05, 0) is 24.3 Å². The molecule has 0 aliphatic carbocycles. The van der Waals surface area contributed by atoms with Crippen molar-refractivity contribution in [3.63, 3.8) is 0 Å². The summed E-state index contributed by atoms with van der Waals surface area (Å²) >= 11 is 0. The molecule has 1 aromatic rings. The molecular weight excluding hydrogens is 330 g/mol. The van der Waals surface area contributed by atoms with Gasteiger partial charge in [0.2, 0.25) is 5.91 Å². The van der Waals surface area contributed by atoms with Crippen molar-refractivity contribution in [2.45, 2.75) is 19.4 Å². The van der Waals surface area contributed by atoms with E-state index in [1.807, 2.05) is 12.1 Å². The van der Waals surface area contributed by atoms with E-state index in [1.54, 1.807) is 0 Å². The number of carbonyl (C=O) groups is 1. The van der Waals surface area contributed by atoms with Gasteiger partial charge in [-0.3, -0.25) is 4.79 Å². The number of quaternary nitrogens is 1. The highest BCUT2D eigenvalue weighted by atomic mass is 32.2. The van der Waals surface area contributed by atoms with Crippen LogP contribution in [0.1, 0.15) is 13.3 Å². The molecule has 1 aromatic carbocycles. The van der Waals surface area contributed by atoms with Crippen LogP contribution in [0.2, 0.25) is 0 Å². The van der Waals surface area contributed by atoms with E-state index in [9.17, 15) is 4.79 Å². The topological polar surface area (TPSA) is 89.5 Å². The molecule has 1 unspecified atom stereocenters. The van der Waals surface area contributed by atoms with Gasteiger partial charge in [0.05, 0.1) is 37.8 Å². The van der Waals surface area contributed by atoms with Crippen molar-refractivity contribution in [3.05, 3.63) is 24.3 Å². The highest BCUT2D eigenvalue weighted by Gasteiger charge is 2.32. The average Bonchev–Trinajstić information content (AvgIpc) is 2.86. The molecule has 0 aromatic heterocycles. The van der Waals surface area contributed by atoms with Crippen molar-refractivity contribution >= 4 is 27.4 Å². The molecular formula is C16H27N3O4S. The van der Waals surface area contributed by atoms with Gasteiger partial charge in [-0.25, -0.2) is 8.42 Å². The summed E-state index contributed by atoms with van der Waals surface area (Å²) in [4.78, 5) is 13.4. The Balaban J connectivity index is 0.000000505. The monoisotopic (exact) mass is 357 g/mol. The van der Waals surface area contributed by atoms with Crippen LogP contribution < -0.4 is 10.2 Å². The molecule has 136 valence electrons. The number of nitrogens with one attached hydrogen (secondary N) is 1. The number of hydrogen-bond donors (Lipinski definition) is 1. The third-order valence-electron chi connectivity index (χ3n) is 3.81. The van der Waals surface area contributed by atoms with Gasteiger partial charge in [-0.15, -0.1) is 0 Å². The summed E-state index contributed by atoms with van der Waals surface area (Å²) in [5, 5.41) is 2.80. The summed E-state index contributed by atoms with van der Waals surface area (Å²) < 4.78 is 28.2. The van der Waals surface area contributed by atoms with Crippen LogP contribution in [0, 0.1) is 0 Å². The van der Waals surface area contributed by atoms with Crippen molar-refractivity contribution in [3.8, 4) is 0 Å². The highest BCUT2D eigenvalue weighted by molar-refractivity contribution is 7.84. The maximum Gasteiger partial charge on any atom is 0.221 e. The zero-order valence-corrected chi connectivity index (χ0v) is 15.8. The number of benzene rings is 1. The summed E-state index contributed by atoms with van der Waals surface area (Å²) in [6, 6.07) is 8.80. The van der Waals surface area contributed by atoms with Crippen LogP contribution in [0.25, 0.3) is 0 Å². The first-order chi connectivity index (χ1) is 10.9. The van der Waals surface area contributed by atoms with E-state index >= 15 is 0 Å². The molecule has 0 saturated carbocycles. The lowest BCUT2D eigenvalue weighted by atomic mass is 10.2. The van der Waals surface area contributed by atoms with E-state index in [2.05, 4.69) is 43.5 Å².